The fourth-order valence-electron chi connectivity index (χ4n) is 16.8. The fraction of sp³-hybridized carbons (Fsp3) is 0. The Morgan fingerprint density at radius 2 is 0.466 bits per heavy atom. The Bertz CT molecular complexity index is 5430. The van der Waals surface area contributed by atoms with Gasteiger partial charge in [0.1, 0.15) is 0 Å². The summed E-state index contributed by atoms with van der Waals surface area (Å²) in [6.45, 7) is -0.527. The molecule has 0 N–H and O–H groups in total. The van der Waals surface area contributed by atoms with Crippen LogP contribution >= 0.6 is 0 Å². The Morgan fingerprint density at radius 1 is 0.194 bits per heavy atom. The van der Waals surface area contributed by atoms with E-state index in [-0.39, 0.29) is 13.7 Å². The summed E-state index contributed by atoms with van der Waals surface area (Å²) in [4.78, 5) is 10.1. The second-order valence-electron chi connectivity index (χ2n) is 27.2. The second kappa shape index (κ2) is 24.8. The summed E-state index contributed by atoms with van der Waals surface area (Å²) in [5.74, 6) is 0. The summed E-state index contributed by atoms with van der Waals surface area (Å²) in [7, 11) is 0. The van der Waals surface area contributed by atoms with Crippen molar-refractivity contribution < 1.29 is 0 Å². The van der Waals surface area contributed by atoms with Gasteiger partial charge in [0.25, 0.3) is 0 Å². The lowest BCUT2D eigenvalue weighted by atomic mass is 9.32. The highest BCUT2D eigenvalue weighted by atomic mass is 15.2. The average molecular weight is 1310 g/mol. The van der Waals surface area contributed by atoms with E-state index in [0.29, 0.717) is 0 Å². The summed E-state index contributed by atoms with van der Waals surface area (Å²) in [6, 6.07) is 146. The van der Waals surface area contributed by atoms with Crippen molar-refractivity contribution in [2.24, 2.45) is 0 Å². The highest BCUT2D eigenvalue weighted by Crippen LogP contribution is 2.56. The minimum Gasteiger partial charge on any atom is -0.444 e. The summed E-state index contributed by atoms with van der Waals surface area (Å²) in [5, 5.41) is 0. The standard InChI is InChI=1S/C96H65B2N5/c1-10-32-66(33-11-1)71-54-72(67-34-12-2-13-35-67)57-80(56-71)99(76-42-20-6-21-43-76)82-62-84-86-60-75(70-40-18-5-19-41-70)61-87-85-63-83(100(77-44-22-7-23-45-77)81-58-73(68-36-14-3-15-37-68)55-74(59-81)69-38-16-4-17-39-69)65-93-95(85)98(89-51-29-31-53-91(89)102(93)79-48-26-9-27-49-79)103(96(86)87)97-88-50-28-30-52-90(88)101(92(64-82)94(84)97)78-46-24-8-25-47-78/h1-65H. The molecular formula is C96H65B2N5. The van der Waals surface area contributed by atoms with Gasteiger partial charge in [-0.1, -0.05) is 261 Å². The van der Waals surface area contributed by atoms with E-state index in [1.807, 2.05) is 0 Å². The van der Waals surface area contributed by atoms with E-state index in [4.69, 9.17) is 0 Å². The maximum atomic E-state index is 2.87. The van der Waals surface area contributed by atoms with Gasteiger partial charge in [0, 0.05) is 85.1 Å². The molecule has 16 aromatic carbocycles. The molecule has 4 aliphatic rings. The van der Waals surface area contributed by atoms with Crippen LogP contribution in [0.15, 0.2) is 394 Å². The maximum absolute atomic E-state index is 2.87. The highest BCUT2D eigenvalue weighted by Gasteiger charge is 2.54. The topological polar surface area (TPSA) is 16.2 Å². The van der Waals surface area contributed by atoms with Crippen LogP contribution in [0.25, 0.3) is 77.9 Å². The zero-order chi connectivity index (χ0) is 67.9. The van der Waals surface area contributed by atoms with Gasteiger partial charge in [0.2, 0.25) is 0 Å². The van der Waals surface area contributed by atoms with Crippen LogP contribution in [0.4, 0.5) is 73.9 Å². The van der Waals surface area contributed by atoms with Gasteiger partial charge in [0.05, 0.1) is 0 Å². The van der Waals surface area contributed by atoms with Crippen LogP contribution in [-0.4, -0.2) is 13.7 Å². The number of hydrogen-bond acceptors (Lipinski definition) is 5. The third-order valence-electron chi connectivity index (χ3n) is 21.2. The summed E-state index contributed by atoms with van der Waals surface area (Å²) in [5.41, 5.74) is 35.5. The first-order valence-electron chi connectivity index (χ1n) is 35.6. The number of anilines is 13. The van der Waals surface area contributed by atoms with E-state index >= 15 is 0 Å². The van der Waals surface area contributed by atoms with Crippen molar-refractivity contribution in [3.8, 4) is 77.9 Å². The lowest BCUT2D eigenvalue weighted by Crippen LogP contribution is -2.74. The van der Waals surface area contributed by atoms with Crippen molar-refractivity contribution in [1.29, 1.82) is 0 Å². The Hall–Kier alpha value is -13.4. The van der Waals surface area contributed by atoms with E-state index in [9.17, 15) is 0 Å². The van der Waals surface area contributed by atoms with E-state index < -0.39 is 0 Å². The van der Waals surface area contributed by atoms with Crippen LogP contribution in [0, 0.1) is 0 Å². The zero-order valence-corrected chi connectivity index (χ0v) is 56.4. The molecule has 0 aromatic heterocycles. The molecule has 0 fully saturated rings. The predicted molar refractivity (Wildman–Crippen MR) is 436 cm³/mol. The lowest BCUT2D eigenvalue weighted by Gasteiger charge is -2.53. The van der Waals surface area contributed by atoms with Crippen LogP contribution in [0.2, 0.25) is 0 Å². The number of benzene rings is 16. The number of fused-ring (bicyclic) bond motifs is 8. The van der Waals surface area contributed by atoms with Crippen molar-refractivity contribution in [3.05, 3.63) is 394 Å². The van der Waals surface area contributed by atoms with Gasteiger partial charge < -0.3 is 24.3 Å². The van der Waals surface area contributed by atoms with Gasteiger partial charge >= 0.3 is 13.7 Å². The summed E-state index contributed by atoms with van der Waals surface area (Å²) < 4.78 is 2.87. The fourth-order valence-corrected chi connectivity index (χ4v) is 16.8. The minimum absolute atomic E-state index is 0.264. The Kier molecular flexibility index (Phi) is 14.4. The molecule has 0 atom stereocenters. The molecule has 0 radical (unpaired) electrons. The van der Waals surface area contributed by atoms with Gasteiger partial charge in [0.15, 0.2) is 0 Å². The Morgan fingerprint density at radius 3 is 0.796 bits per heavy atom. The average Bonchev–Trinajstić information content (AvgIpc) is 0.670. The minimum atomic E-state index is -0.264. The molecule has 4 heterocycles. The van der Waals surface area contributed by atoms with Gasteiger partial charge in [-0.05, 0) is 222 Å². The second-order valence-corrected chi connectivity index (χ2v) is 27.2. The monoisotopic (exact) mass is 1310 g/mol. The normalized spacial score (nSPS) is 12.6. The first kappa shape index (κ1) is 59.7. The number of rotatable bonds is 13. The molecule has 0 aliphatic carbocycles. The molecule has 5 nitrogen and oxygen atoms in total. The number of para-hydroxylation sites is 6. The van der Waals surface area contributed by atoms with Crippen molar-refractivity contribution in [3.63, 3.8) is 0 Å². The first-order chi connectivity index (χ1) is 51.1. The lowest BCUT2D eigenvalue weighted by molar-refractivity contribution is 1.24. The molecule has 16 aromatic rings. The molecule has 103 heavy (non-hydrogen) atoms. The SMILES string of the molecule is c1ccc(-c2cc(-c3ccccc3)cc(N(c3ccccc3)c3cc4c5c(c3)N(c3ccccc3)c3ccccc3B5N3B5c6ccccc6N(c6ccccc6)c6cc(N(c7ccccc7)c7cc(-c8ccccc8)cc(-c8ccccc8)c7)cc(c65)-c5cc(-c6ccccc6)cc-4c53)c2)cc1. The van der Waals surface area contributed by atoms with Crippen LogP contribution in [0.1, 0.15) is 0 Å². The van der Waals surface area contributed by atoms with Crippen molar-refractivity contribution in [2.45, 2.75) is 0 Å². The van der Waals surface area contributed by atoms with Crippen molar-refractivity contribution >= 4 is 109 Å². The number of nitrogens with zero attached hydrogens (tertiary/aromatic N) is 5. The third kappa shape index (κ3) is 10.1. The maximum Gasteiger partial charge on any atom is 0.316 e. The van der Waals surface area contributed by atoms with Crippen LogP contribution in [-0.2, 0) is 0 Å². The molecule has 0 saturated carbocycles. The van der Waals surface area contributed by atoms with Crippen molar-refractivity contribution in [1.82, 2.24) is 0 Å². The van der Waals surface area contributed by atoms with Crippen LogP contribution < -0.4 is 46.2 Å². The molecule has 0 unspecified atom stereocenters. The third-order valence-corrected chi connectivity index (χ3v) is 21.2. The van der Waals surface area contributed by atoms with E-state index in [2.05, 4.69) is 419 Å². The van der Waals surface area contributed by atoms with Gasteiger partial charge in [-0.3, -0.25) is 0 Å². The predicted octanol–water partition coefficient (Wildman–Crippen LogP) is 22.9. The van der Waals surface area contributed by atoms with Crippen LogP contribution in [0.3, 0.4) is 0 Å². The highest BCUT2D eigenvalue weighted by molar-refractivity contribution is 7.09. The molecule has 480 valence electrons. The van der Waals surface area contributed by atoms with Gasteiger partial charge in [-0.2, -0.15) is 0 Å². The van der Waals surface area contributed by atoms with Gasteiger partial charge in [-0.15, -0.1) is 0 Å². The Labute approximate surface area is 602 Å². The first-order valence-corrected chi connectivity index (χ1v) is 35.6. The van der Waals surface area contributed by atoms with Crippen LogP contribution in [0.5, 0.6) is 0 Å². The smallest absolute Gasteiger partial charge is 0.316 e. The van der Waals surface area contributed by atoms with E-state index in [0.717, 1.165) is 124 Å². The quantitative estimate of drug-likeness (QED) is 0.107. The molecule has 0 saturated heterocycles. The molecule has 0 amide bonds. The van der Waals surface area contributed by atoms with E-state index in [1.54, 1.807) is 0 Å². The molecule has 20 rings (SSSR count). The molecule has 7 heteroatoms. The largest absolute Gasteiger partial charge is 0.444 e. The zero-order valence-electron chi connectivity index (χ0n) is 56.4. The molecule has 0 bridgehead atoms. The molecule has 0 spiro atoms. The molecular weight excluding hydrogens is 1240 g/mol. The summed E-state index contributed by atoms with van der Waals surface area (Å²) >= 11 is 0. The summed E-state index contributed by atoms with van der Waals surface area (Å²) in [6.07, 6.45) is 0. The number of hydrogen-bond donors (Lipinski definition) is 0. The van der Waals surface area contributed by atoms with E-state index in [1.165, 1.54) is 49.8 Å². The van der Waals surface area contributed by atoms with Gasteiger partial charge in [-0.25, -0.2) is 0 Å². The Balaban J connectivity index is 0.919. The molecule has 4 aliphatic heterocycles. The van der Waals surface area contributed by atoms with Crippen molar-refractivity contribution in [2.75, 3.05) is 24.3 Å².